The Kier molecular flexibility index (Phi) is 5.08. The first kappa shape index (κ1) is 15.2. The van der Waals surface area contributed by atoms with Crippen molar-refractivity contribution in [3.8, 4) is 17.5 Å². The lowest BCUT2D eigenvalue weighted by Gasteiger charge is -2.11. The Morgan fingerprint density at radius 2 is 2.05 bits per heavy atom. The predicted octanol–water partition coefficient (Wildman–Crippen LogP) is 2.36. The molecule has 0 bridgehead atoms. The molecule has 0 fully saturated rings. The predicted molar refractivity (Wildman–Crippen MR) is 81.3 cm³/mol. The first-order chi connectivity index (χ1) is 10.1. The van der Waals surface area contributed by atoms with E-state index in [0.29, 0.717) is 17.8 Å². The zero-order valence-electron chi connectivity index (χ0n) is 13.0. The van der Waals surface area contributed by atoms with Crippen molar-refractivity contribution in [2.45, 2.75) is 46.8 Å². The molecular formula is C14H22N6O. The van der Waals surface area contributed by atoms with Crippen molar-refractivity contribution in [3.63, 3.8) is 0 Å². The smallest absolute Gasteiger partial charge is 0.322 e. The highest BCUT2D eigenvalue weighted by Crippen LogP contribution is 2.19. The fraction of sp³-hybridized carbons (Fsp3) is 0.571. The minimum absolute atomic E-state index is 0.00952. The second-order valence-electron chi connectivity index (χ2n) is 4.90. The van der Waals surface area contributed by atoms with E-state index in [-0.39, 0.29) is 6.10 Å². The van der Waals surface area contributed by atoms with Gasteiger partial charge in [-0.1, -0.05) is 6.92 Å². The van der Waals surface area contributed by atoms with Gasteiger partial charge in [-0.05, 0) is 33.3 Å². The Morgan fingerprint density at radius 1 is 1.24 bits per heavy atom. The Hall–Kier alpha value is -2.18. The summed E-state index contributed by atoms with van der Waals surface area (Å²) in [4.78, 5) is 13.1. The molecule has 2 heterocycles. The van der Waals surface area contributed by atoms with Crippen LogP contribution in [0.15, 0.2) is 12.3 Å². The van der Waals surface area contributed by atoms with Crippen LogP contribution in [-0.4, -0.2) is 37.4 Å². The van der Waals surface area contributed by atoms with Crippen LogP contribution in [0.3, 0.4) is 0 Å². The van der Waals surface area contributed by atoms with Gasteiger partial charge in [-0.15, -0.1) is 0 Å². The molecule has 0 radical (unpaired) electrons. The second kappa shape index (κ2) is 7.01. The molecule has 0 aliphatic carbocycles. The van der Waals surface area contributed by atoms with Gasteiger partial charge in [-0.2, -0.15) is 20.1 Å². The summed E-state index contributed by atoms with van der Waals surface area (Å²) in [6.07, 6.45) is 2.76. The van der Waals surface area contributed by atoms with Crippen molar-refractivity contribution in [1.82, 2.24) is 24.7 Å². The van der Waals surface area contributed by atoms with Gasteiger partial charge >= 0.3 is 6.01 Å². The maximum atomic E-state index is 5.61. The standard InChI is InChI=1S/C14H22N6O/c1-5-9-20-11(7-8-16-20)12-17-13(15-6-2)19-14(18-12)21-10(3)4/h7-8,10H,5-6,9H2,1-4H3,(H,15,17,18,19). The molecule has 7 heteroatoms. The van der Waals surface area contributed by atoms with Crippen molar-refractivity contribution >= 4 is 5.95 Å². The number of hydrogen-bond acceptors (Lipinski definition) is 6. The van der Waals surface area contributed by atoms with Crippen LogP contribution >= 0.6 is 0 Å². The van der Waals surface area contributed by atoms with Crippen LogP contribution in [0.1, 0.15) is 34.1 Å². The van der Waals surface area contributed by atoms with Crippen molar-refractivity contribution in [2.75, 3.05) is 11.9 Å². The summed E-state index contributed by atoms with van der Waals surface area (Å²) in [6, 6.07) is 2.23. The molecule has 2 aromatic heterocycles. The van der Waals surface area contributed by atoms with E-state index in [4.69, 9.17) is 4.74 Å². The molecule has 7 nitrogen and oxygen atoms in total. The molecule has 0 saturated carbocycles. The van der Waals surface area contributed by atoms with Gasteiger partial charge in [-0.3, -0.25) is 4.68 Å². The van der Waals surface area contributed by atoms with Crippen LogP contribution in [0, 0.1) is 0 Å². The van der Waals surface area contributed by atoms with Gasteiger partial charge < -0.3 is 10.1 Å². The average molecular weight is 290 g/mol. The van der Waals surface area contributed by atoms with Gasteiger partial charge in [0, 0.05) is 19.3 Å². The molecule has 0 atom stereocenters. The number of aryl methyl sites for hydroxylation is 1. The van der Waals surface area contributed by atoms with Gasteiger partial charge in [0.2, 0.25) is 5.95 Å². The molecule has 0 aliphatic rings. The molecule has 0 aromatic carbocycles. The molecular weight excluding hydrogens is 268 g/mol. The van der Waals surface area contributed by atoms with Gasteiger partial charge in [0.25, 0.3) is 0 Å². The molecule has 21 heavy (non-hydrogen) atoms. The number of ether oxygens (including phenoxy) is 1. The highest BCUT2D eigenvalue weighted by atomic mass is 16.5. The molecule has 114 valence electrons. The quantitative estimate of drug-likeness (QED) is 0.843. The molecule has 0 aliphatic heterocycles. The number of hydrogen-bond donors (Lipinski definition) is 1. The highest BCUT2D eigenvalue weighted by molar-refractivity contribution is 5.51. The van der Waals surface area contributed by atoms with E-state index in [1.807, 2.05) is 31.5 Å². The molecule has 0 saturated heterocycles. The van der Waals surface area contributed by atoms with Gasteiger partial charge in [0.15, 0.2) is 5.82 Å². The summed E-state index contributed by atoms with van der Waals surface area (Å²) < 4.78 is 7.50. The van der Waals surface area contributed by atoms with Crippen LogP contribution in [-0.2, 0) is 6.54 Å². The van der Waals surface area contributed by atoms with Crippen LogP contribution < -0.4 is 10.1 Å². The second-order valence-corrected chi connectivity index (χ2v) is 4.90. The fourth-order valence-corrected chi connectivity index (χ4v) is 1.88. The third kappa shape index (κ3) is 3.90. The Balaban J connectivity index is 2.40. The van der Waals surface area contributed by atoms with E-state index in [9.17, 15) is 0 Å². The largest absolute Gasteiger partial charge is 0.461 e. The van der Waals surface area contributed by atoms with Crippen molar-refractivity contribution in [2.24, 2.45) is 0 Å². The highest BCUT2D eigenvalue weighted by Gasteiger charge is 2.13. The number of aromatic nitrogens is 5. The number of nitrogens with one attached hydrogen (secondary N) is 1. The Morgan fingerprint density at radius 3 is 2.71 bits per heavy atom. The first-order valence-corrected chi connectivity index (χ1v) is 7.32. The molecule has 1 N–H and O–H groups in total. The summed E-state index contributed by atoms with van der Waals surface area (Å²) in [6.45, 7) is 9.54. The van der Waals surface area contributed by atoms with Crippen molar-refractivity contribution in [1.29, 1.82) is 0 Å². The molecule has 0 unspecified atom stereocenters. The van der Waals surface area contributed by atoms with Gasteiger partial charge in [-0.25, -0.2) is 0 Å². The van der Waals surface area contributed by atoms with E-state index in [2.05, 4.69) is 32.3 Å². The monoisotopic (exact) mass is 290 g/mol. The summed E-state index contributed by atoms with van der Waals surface area (Å²) in [5.41, 5.74) is 0.868. The summed E-state index contributed by atoms with van der Waals surface area (Å²) >= 11 is 0. The number of anilines is 1. The van der Waals surface area contributed by atoms with E-state index in [1.165, 1.54) is 0 Å². The van der Waals surface area contributed by atoms with Crippen LogP contribution in [0.4, 0.5) is 5.95 Å². The van der Waals surface area contributed by atoms with Crippen molar-refractivity contribution in [3.05, 3.63) is 12.3 Å². The average Bonchev–Trinajstić information content (AvgIpc) is 2.87. The lowest BCUT2D eigenvalue weighted by Crippen LogP contribution is -2.13. The van der Waals surface area contributed by atoms with Crippen molar-refractivity contribution < 1.29 is 4.74 Å². The third-order valence-electron chi connectivity index (χ3n) is 2.67. The zero-order valence-corrected chi connectivity index (χ0v) is 13.0. The van der Waals surface area contributed by atoms with Gasteiger partial charge in [0.05, 0.1) is 6.10 Å². The number of nitrogens with zero attached hydrogens (tertiary/aromatic N) is 5. The van der Waals surface area contributed by atoms with E-state index < -0.39 is 0 Å². The molecule has 2 rings (SSSR count). The van der Waals surface area contributed by atoms with E-state index >= 15 is 0 Å². The third-order valence-corrected chi connectivity index (χ3v) is 2.67. The minimum atomic E-state index is 0.00952. The maximum absolute atomic E-state index is 5.61. The lowest BCUT2D eigenvalue weighted by molar-refractivity contribution is 0.222. The van der Waals surface area contributed by atoms with Crippen LogP contribution in [0.25, 0.3) is 11.5 Å². The zero-order chi connectivity index (χ0) is 15.2. The topological polar surface area (TPSA) is 77.8 Å². The normalized spacial score (nSPS) is 10.9. The Bertz CT molecular complexity index is 581. The summed E-state index contributed by atoms with van der Waals surface area (Å²) in [7, 11) is 0. The van der Waals surface area contributed by atoms with Gasteiger partial charge in [0.1, 0.15) is 5.69 Å². The van der Waals surface area contributed by atoms with Crippen LogP contribution in [0.2, 0.25) is 0 Å². The SMILES string of the molecule is CCCn1nccc1-c1nc(NCC)nc(OC(C)C)n1. The minimum Gasteiger partial charge on any atom is -0.461 e. The summed E-state index contributed by atoms with van der Waals surface area (Å²) in [5, 5.41) is 7.41. The van der Waals surface area contributed by atoms with Crippen LogP contribution in [0.5, 0.6) is 6.01 Å². The lowest BCUT2D eigenvalue weighted by atomic mass is 10.4. The fourth-order valence-electron chi connectivity index (χ4n) is 1.88. The van der Waals surface area contributed by atoms with E-state index in [0.717, 1.165) is 25.2 Å². The maximum Gasteiger partial charge on any atom is 0.322 e. The number of rotatable bonds is 7. The summed E-state index contributed by atoms with van der Waals surface area (Å²) in [5.74, 6) is 1.09. The molecule has 0 spiro atoms. The molecule has 2 aromatic rings. The Labute approximate surface area is 124 Å². The molecule has 0 amide bonds. The first-order valence-electron chi connectivity index (χ1n) is 7.32. The van der Waals surface area contributed by atoms with E-state index in [1.54, 1.807) is 6.20 Å².